The zero-order valence-electron chi connectivity index (χ0n) is 18.8. The third kappa shape index (κ3) is 4.90. The Labute approximate surface area is 192 Å². The van der Waals surface area contributed by atoms with Gasteiger partial charge in [-0.1, -0.05) is 12.1 Å². The van der Waals surface area contributed by atoms with Crippen molar-refractivity contribution in [1.29, 1.82) is 0 Å². The summed E-state index contributed by atoms with van der Waals surface area (Å²) in [5, 5.41) is 12.7. The molecule has 0 amide bonds. The lowest BCUT2D eigenvalue weighted by atomic mass is 10.1. The van der Waals surface area contributed by atoms with E-state index in [4.69, 9.17) is 14.7 Å². The van der Waals surface area contributed by atoms with Crippen molar-refractivity contribution in [1.82, 2.24) is 19.9 Å². The molecule has 0 radical (unpaired) electrons. The number of benzene rings is 1. The number of hydrogen-bond acceptors (Lipinski definition) is 8. The van der Waals surface area contributed by atoms with Gasteiger partial charge in [0.15, 0.2) is 11.6 Å². The molecule has 2 aromatic heterocycles. The minimum atomic E-state index is -0.265. The maximum Gasteiger partial charge on any atom is 0.172 e. The van der Waals surface area contributed by atoms with Crippen molar-refractivity contribution in [2.75, 3.05) is 49.6 Å². The summed E-state index contributed by atoms with van der Waals surface area (Å²) in [5.41, 5.74) is 3.75. The maximum atomic E-state index is 14.4. The van der Waals surface area contributed by atoms with Crippen molar-refractivity contribution >= 4 is 22.7 Å². The van der Waals surface area contributed by atoms with Crippen LogP contribution in [0.3, 0.4) is 0 Å². The van der Waals surface area contributed by atoms with Crippen LogP contribution in [0.2, 0.25) is 0 Å². The summed E-state index contributed by atoms with van der Waals surface area (Å²) in [6.07, 6.45) is 2.71. The van der Waals surface area contributed by atoms with Crippen molar-refractivity contribution < 1.29 is 14.2 Å². The molecule has 8 nitrogen and oxygen atoms in total. The summed E-state index contributed by atoms with van der Waals surface area (Å²) in [6, 6.07) is 7.15. The lowest BCUT2D eigenvalue weighted by Crippen LogP contribution is -2.46. The summed E-state index contributed by atoms with van der Waals surface area (Å²) in [7, 11) is 0. The van der Waals surface area contributed by atoms with E-state index >= 15 is 0 Å². The molecule has 0 saturated carbocycles. The molecule has 5 rings (SSSR count). The number of anilines is 2. The van der Waals surface area contributed by atoms with Crippen LogP contribution >= 0.6 is 0 Å². The van der Waals surface area contributed by atoms with Gasteiger partial charge in [-0.25, -0.2) is 14.4 Å². The average molecular weight is 453 g/mol. The molecule has 0 aliphatic carbocycles. The van der Waals surface area contributed by atoms with Crippen LogP contribution in [-0.4, -0.2) is 70.4 Å². The summed E-state index contributed by atoms with van der Waals surface area (Å²) in [6.45, 7) is 6.90. The zero-order chi connectivity index (χ0) is 22.8. The number of ether oxygens (including phenoxy) is 1. The van der Waals surface area contributed by atoms with Gasteiger partial charge in [-0.05, 0) is 31.0 Å². The number of pyridine rings is 1. The van der Waals surface area contributed by atoms with Crippen LogP contribution in [0.4, 0.5) is 16.0 Å². The fourth-order valence-corrected chi connectivity index (χ4v) is 4.39. The molecule has 174 valence electrons. The fraction of sp³-hybridized carbons (Fsp3) is 0.458. The number of aliphatic hydroxyl groups excluding tert-OH is 1. The Morgan fingerprint density at radius 1 is 1.15 bits per heavy atom. The highest BCUT2D eigenvalue weighted by molar-refractivity contribution is 5.80. The molecule has 2 aliphatic heterocycles. The Morgan fingerprint density at radius 3 is 2.73 bits per heavy atom. The molecule has 2 N–H and O–H groups in total. The minimum absolute atomic E-state index is 0.151. The summed E-state index contributed by atoms with van der Waals surface area (Å²) in [5.74, 6) is 1.35. The molecule has 4 heterocycles. The Morgan fingerprint density at radius 2 is 2.00 bits per heavy atom. The normalized spacial score (nSPS) is 19.4. The first kappa shape index (κ1) is 21.9. The van der Waals surface area contributed by atoms with Crippen LogP contribution in [0.25, 0.3) is 11.0 Å². The van der Waals surface area contributed by atoms with Gasteiger partial charge in [-0.3, -0.25) is 9.88 Å². The fourth-order valence-electron chi connectivity index (χ4n) is 4.39. The minimum Gasteiger partial charge on any atom is -0.392 e. The average Bonchev–Trinajstić information content (AvgIpc) is 3.34. The smallest absolute Gasteiger partial charge is 0.172 e. The number of nitrogens with zero attached hydrogens (tertiary/aromatic N) is 5. The van der Waals surface area contributed by atoms with Crippen molar-refractivity contribution in [3.05, 3.63) is 53.1 Å². The van der Waals surface area contributed by atoms with E-state index in [0.717, 1.165) is 67.6 Å². The highest BCUT2D eigenvalue weighted by Crippen LogP contribution is 2.28. The van der Waals surface area contributed by atoms with E-state index in [9.17, 15) is 9.50 Å². The van der Waals surface area contributed by atoms with Crippen molar-refractivity contribution in [2.45, 2.75) is 32.5 Å². The molecular formula is C24H29FN6O2. The molecule has 1 atom stereocenters. The van der Waals surface area contributed by atoms with E-state index in [1.165, 1.54) is 6.07 Å². The lowest BCUT2D eigenvalue weighted by molar-refractivity contribution is 0.195. The number of nitrogens with one attached hydrogen (secondary N) is 1. The van der Waals surface area contributed by atoms with Gasteiger partial charge in [0.25, 0.3) is 0 Å². The van der Waals surface area contributed by atoms with E-state index in [1.54, 1.807) is 18.3 Å². The molecular weight excluding hydrogens is 423 g/mol. The van der Waals surface area contributed by atoms with Gasteiger partial charge in [0.05, 0.1) is 31.0 Å². The predicted molar refractivity (Wildman–Crippen MR) is 125 cm³/mol. The molecule has 3 aromatic rings. The number of aryl methyl sites for hydroxylation is 1. The van der Waals surface area contributed by atoms with Crippen LogP contribution in [0, 0.1) is 12.7 Å². The van der Waals surface area contributed by atoms with Gasteiger partial charge >= 0.3 is 0 Å². The van der Waals surface area contributed by atoms with Gasteiger partial charge in [-0.2, -0.15) is 0 Å². The molecule has 2 fully saturated rings. The van der Waals surface area contributed by atoms with E-state index in [1.807, 2.05) is 13.0 Å². The largest absolute Gasteiger partial charge is 0.392 e. The van der Waals surface area contributed by atoms with E-state index in [2.05, 4.69) is 20.1 Å². The summed E-state index contributed by atoms with van der Waals surface area (Å²) >= 11 is 0. The first-order chi connectivity index (χ1) is 16.1. The second-order valence-corrected chi connectivity index (χ2v) is 8.76. The highest BCUT2D eigenvalue weighted by atomic mass is 19.1. The number of halogens is 1. The molecule has 0 spiro atoms. The number of fused-ring (bicyclic) bond motifs is 1. The van der Waals surface area contributed by atoms with E-state index in [-0.39, 0.29) is 18.5 Å². The quantitative estimate of drug-likeness (QED) is 0.590. The first-order valence-electron chi connectivity index (χ1n) is 11.4. The summed E-state index contributed by atoms with van der Waals surface area (Å²) < 4.78 is 19.9. The number of aromatic nitrogens is 3. The van der Waals surface area contributed by atoms with Crippen molar-refractivity contribution in [2.24, 2.45) is 0 Å². The Bertz CT molecular complexity index is 1130. The maximum absolute atomic E-state index is 14.4. The molecule has 0 bridgehead atoms. The monoisotopic (exact) mass is 452 g/mol. The standard InChI is InChI=1S/C24H29FN6O2/c1-16-10-21-22(12-26-16)28-23(27-19-4-9-33-15-19)24(29-21)31-7-5-30(6-8-31)13-18-3-2-17(14-32)11-20(18)25/h2-3,10-12,19,32H,4-9,13-15H2,1H3,(H,27,28)/t19-/m1/s1. The molecule has 2 saturated heterocycles. The van der Waals surface area contributed by atoms with E-state index in [0.29, 0.717) is 24.3 Å². The second kappa shape index (κ2) is 9.54. The highest BCUT2D eigenvalue weighted by Gasteiger charge is 2.25. The molecule has 9 heteroatoms. The third-order valence-corrected chi connectivity index (χ3v) is 6.31. The Hall–Kier alpha value is -2.88. The summed E-state index contributed by atoms with van der Waals surface area (Å²) in [4.78, 5) is 18.7. The number of aliphatic hydroxyl groups is 1. The van der Waals surface area contributed by atoms with Gasteiger partial charge < -0.3 is 20.1 Å². The van der Waals surface area contributed by atoms with Crippen molar-refractivity contribution in [3.63, 3.8) is 0 Å². The molecule has 33 heavy (non-hydrogen) atoms. The molecule has 2 aliphatic rings. The zero-order valence-corrected chi connectivity index (χ0v) is 18.8. The lowest BCUT2D eigenvalue weighted by Gasteiger charge is -2.36. The number of hydrogen-bond donors (Lipinski definition) is 2. The Balaban J connectivity index is 1.33. The van der Waals surface area contributed by atoms with Crippen LogP contribution in [0.15, 0.2) is 30.5 Å². The number of rotatable bonds is 6. The van der Waals surface area contributed by atoms with Gasteiger partial charge in [0, 0.05) is 50.6 Å². The van der Waals surface area contributed by atoms with Gasteiger partial charge in [-0.15, -0.1) is 0 Å². The van der Waals surface area contributed by atoms with Gasteiger partial charge in [0.2, 0.25) is 0 Å². The third-order valence-electron chi connectivity index (χ3n) is 6.31. The molecule has 0 unspecified atom stereocenters. The number of piperazine rings is 1. The molecule has 1 aromatic carbocycles. The Kier molecular flexibility index (Phi) is 6.34. The van der Waals surface area contributed by atoms with Gasteiger partial charge in [0.1, 0.15) is 11.3 Å². The predicted octanol–water partition coefficient (Wildman–Crippen LogP) is 2.49. The van der Waals surface area contributed by atoms with E-state index < -0.39 is 0 Å². The van der Waals surface area contributed by atoms with Crippen LogP contribution in [-0.2, 0) is 17.9 Å². The van der Waals surface area contributed by atoms with Crippen LogP contribution in [0.5, 0.6) is 0 Å². The van der Waals surface area contributed by atoms with Crippen LogP contribution < -0.4 is 10.2 Å². The topological polar surface area (TPSA) is 86.6 Å². The first-order valence-corrected chi connectivity index (χ1v) is 11.4. The van der Waals surface area contributed by atoms with Crippen molar-refractivity contribution in [3.8, 4) is 0 Å². The SMILES string of the molecule is Cc1cc2nc(N3CCN(Cc4ccc(CO)cc4F)CC3)c(N[C@@H]3CCOC3)nc2cn1. The van der Waals surface area contributed by atoms with Crippen LogP contribution in [0.1, 0.15) is 23.2 Å². The second-order valence-electron chi connectivity index (χ2n) is 8.76.